The Morgan fingerprint density at radius 3 is 2.62 bits per heavy atom. The van der Waals surface area contributed by atoms with Gasteiger partial charge < -0.3 is 10.2 Å². The van der Waals surface area contributed by atoms with Gasteiger partial charge in [0.05, 0.1) is 5.56 Å². The van der Waals surface area contributed by atoms with E-state index < -0.39 is 0 Å². The van der Waals surface area contributed by atoms with Crippen molar-refractivity contribution >= 4 is 35.0 Å². The van der Waals surface area contributed by atoms with Gasteiger partial charge in [-0.15, -0.1) is 10.2 Å². The molecule has 21 heavy (non-hydrogen) atoms. The number of carbonyl (C=O) groups excluding carboxylic acids is 2. The molecule has 2 rings (SSSR count). The number of halogens is 2. The van der Waals surface area contributed by atoms with Gasteiger partial charge in [-0.2, -0.15) is 0 Å². The van der Waals surface area contributed by atoms with E-state index in [1.807, 2.05) is 0 Å². The number of amides is 2. The molecule has 6 nitrogen and oxygen atoms in total. The molecule has 2 amide bonds. The molecule has 8 heteroatoms. The molecular formula is C13H16Cl2N4O2. The van der Waals surface area contributed by atoms with Gasteiger partial charge in [-0.05, 0) is 24.8 Å². The van der Waals surface area contributed by atoms with Crippen molar-refractivity contribution in [3.63, 3.8) is 0 Å². The molecule has 1 fully saturated rings. The Bertz CT molecular complexity index is 545. The maximum atomic E-state index is 12.4. The maximum Gasteiger partial charge on any atom is 0.257 e. The van der Waals surface area contributed by atoms with Crippen LogP contribution in [-0.2, 0) is 4.79 Å². The van der Waals surface area contributed by atoms with Crippen molar-refractivity contribution in [3.8, 4) is 0 Å². The quantitative estimate of drug-likeness (QED) is 0.916. The van der Waals surface area contributed by atoms with Gasteiger partial charge in [0.2, 0.25) is 5.91 Å². The Morgan fingerprint density at radius 1 is 1.33 bits per heavy atom. The molecule has 0 saturated carbocycles. The first kappa shape index (κ1) is 16.0. The van der Waals surface area contributed by atoms with E-state index in [1.165, 1.54) is 13.0 Å². The molecule has 2 heterocycles. The molecule has 114 valence electrons. The lowest BCUT2D eigenvalue weighted by atomic mass is 9.96. The fourth-order valence-electron chi connectivity index (χ4n) is 2.30. The molecule has 0 bridgehead atoms. The Kier molecular flexibility index (Phi) is 5.36. The van der Waals surface area contributed by atoms with Gasteiger partial charge in [0.15, 0.2) is 10.3 Å². The molecule has 1 aromatic heterocycles. The maximum absolute atomic E-state index is 12.4. The van der Waals surface area contributed by atoms with Crippen molar-refractivity contribution in [2.45, 2.75) is 19.8 Å². The summed E-state index contributed by atoms with van der Waals surface area (Å²) in [5, 5.41) is 10.2. The van der Waals surface area contributed by atoms with E-state index in [1.54, 1.807) is 4.90 Å². The molecule has 1 saturated heterocycles. The summed E-state index contributed by atoms with van der Waals surface area (Å²) in [4.78, 5) is 25.0. The summed E-state index contributed by atoms with van der Waals surface area (Å²) in [6.45, 7) is 3.40. The molecular weight excluding hydrogens is 315 g/mol. The number of nitrogens with zero attached hydrogens (tertiary/aromatic N) is 3. The molecule has 1 aromatic rings. The van der Waals surface area contributed by atoms with Crippen molar-refractivity contribution < 1.29 is 9.59 Å². The summed E-state index contributed by atoms with van der Waals surface area (Å²) in [7, 11) is 0. The van der Waals surface area contributed by atoms with Crippen LogP contribution >= 0.6 is 23.2 Å². The van der Waals surface area contributed by atoms with Crippen molar-refractivity contribution in [2.75, 3.05) is 19.6 Å². The molecule has 0 unspecified atom stereocenters. The topological polar surface area (TPSA) is 75.2 Å². The summed E-state index contributed by atoms with van der Waals surface area (Å²) >= 11 is 11.6. The van der Waals surface area contributed by atoms with E-state index in [4.69, 9.17) is 23.2 Å². The van der Waals surface area contributed by atoms with Crippen LogP contribution < -0.4 is 5.32 Å². The summed E-state index contributed by atoms with van der Waals surface area (Å²) < 4.78 is 0. The Balaban J connectivity index is 1.94. The van der Waals surface area contributed by atoms with Crippen LogP contribution in [0.5, 0.6) is 0 Å². The van der Waals surface area contributed by atoms with E-state index in [9.17, 15) is 9.59 Å². The lowest BCUT2D eigenvalue weighted by molar-refractivity contribution is -0.119. The van der Waals surface area contributed by atoms with E-state index in [0.29, 0.717) is 25.6 Å². The van der Waals surface area contributed by atoms with Crippen molar-refractivity contribution in [2.24, 2.45) is 5.92 Å². The minimum absolute atomic E-state index is 0.0298. The average Bonchev–Trinajstić information content (AvgIpc) is 2.47. The van der Waals surface area contributed by atoms with Crippen LogP contribution in [0.25, 0.3) is 0 Å². The standard InChI is InChI=1S/C13H16Cl2N4O2/c1-8(20)16-7-9-2-4-19(5-3-9)13(21)10-6-11(14)17-18-12(10)15/h6,9H,2-5,7H2,1H3,(H,16,20). The third-order valence-corrected chi connectivity index (χ3v) is 3.95. The highest BCUT2D eigenvalue weighted by atomic mass is 35.5. The second kappa shape index (κ2) is 7.04. The number of hydrogen-bond donors (Lipinski definition) is 1. The summed E-state index contributed by atoms with van der Waals surface area (Å²) in [5.41, 5.74) is 0.275. The van der Waals surface area contributed by atoms with Crippen LogP contribution in [0.1, 0.15) is 30.1 Å². The minimum atomic E-state index is -0.185. The van der Waals surface area contributed by atoms with Gasteiger partial charge in [-0.25, -0.2) is 0 Å². The number of aromatic nitrogens is 2. The van der Waals surface area contributed by atoms with E-state index >= 15 is 0 Å². The van der Waals surface area contributed by atoms with Gasteiger partial charge in [0.1, 0.15) is 0 Å². The molecule has 0 atom stereocenters. The van der Waals surface area contributed by atoms with E-state index in [-0.39, 0.29) is 27.7 Å². The second-order valence-corrected chi connectivity index (χ2v) is 5.79. The van der Waals surface area contributed by atoms with Crippen LogP contribution in [0.4, 0.5) is 0 Å². The van der Waals surface area contributed by atoms with Gasteiger partial charge in [-0.3, -0.25) is 9.59 Å². The van der Waals surface area contributed by atoms with Crippen LogP contribution in [0, 0.1) is 5.92 Å². The molecule has 1 N–H and O–H groups in total. The van der Waals surface area contributed by atoms with Crippen molar-refractivity contribution in [1.82, 2.24) is 20.4 Å². The van der Waals surface area contributed by atoms with Gasteiger partial charge in [0, 0.05) is 26.6 Å². The zero-order valence-electron chi connectivity index (χ0n) is 11.6. The molecule has 0 aliphatic carbocycles. The smallest absolute Gasteiger partial charge is 0.257 e. The number of hydrogen-bond acceptors (Lipinski definition) is 4. The molecule has 1 aliphatic heterocycles. The highest BCUT2D eigenvalue weighted by molar-refractivity contribution is 6.34. The Hall–Kier alpha value is -1.40. The predicted molar refractivity (Wildman–Crippen MR) is 79.4 cm³/mol. The predicted octanol–water partition coefficient (Wildman–Crippen LogP) is 1.77. The van der Waals surface area contributed by atoms with Gasteiger partial charge >= 0.3 is 0 Å². The Labute approximate surface area is 132 Å². The summed E-state index contributed by atoms with van der Waals surface area (Å²) in [6, 6.07) is 1.43. The molecule has 1 aliphatic rings. The van der Waals surface area contributed by atoms with Crippen molar-refractivity contribution in [3.05, 3.63) is 21.9 Å². The van der Waals surface area contributed by atoms with Crippen LogP contribution in [-0.4, -0.2) is 46.5 Å². The fourth-order valence-corrected chi connectivity index (χ4v) is 2.62. The lowest BCUT2D eigenvalue weighted by Gasteiger charge is -2.32. The van der Waals surface area contributed by atoms with Crippen LogP contribution in [0.15, 0.2) is 6.07 Å². The average molecular weight is 331 g/mol. The van der Waals surface area contributed by atoms with E-state index in [0.717, 1.165) is 12.8 Å². The first-order valence-corrected chi connectivity index (χ1v) is 7.45. The SMILES string of the molecule is CC(=O)NCC1CCN(C(=O)c2cc(Cl)nnc2Cl)CC1. The molecule has 0 aromatic carbocycles. The number of carbonyl (C=O) groups is 2. The summed E-state index contributed by atoms with van der Waals surface area (Å²) in [6.07, 6.45) is 1.69. The number of nitrogens with one attached hydrogen (secondary N) is 1. The monoisotopic (exact) mass is 330 g/mol. The summed E-state index contributed by atoms with van der Waals surface area (Å²) in [5.74, 6) is 0.181. The third-order valence-electron chi connectivity index (χ3n) is 3.49. The lowest BCUT2D eigenvalue weighted by Crippen LogP contribution is -2.41. The molecule has 0 spiro atoms. The zero-order chi connectivity index (χ0) is 15.4. The normalized spacial score (nSPS) is 15.9. The largest absolute Gasteiger partial charge is 0.356 e. The molecule has 0 radical (unpaired) electrons. The number of rotatable bonds is 3. The third kappa shape index (κ3) is 4.28. The first-order valence-electron chi connectivity index (χ1n) is 6.70. The zero-order valence-corrected chi connectivity index (χ0v) is 13.1. The van der Waals surface area contributed by atoms with Crippen molar-refractivity contribution in [1.29, 1.82) is 0 Å². The highest BCUT2D eigenvalue weighted by Crippen LogP contribution is 2.22. The first-order chi connectivity index (χ1) is 9.97. The fraction of sp³-hybridized carbons (Fsp3) is 0.538. The Morgan fingerprint density at radius 2 is 2.00 bits per heavy atom. The highest BCUT2D eigenvalue weighted by Gasteiger charge is 2.25. The number of likely N-dealkylation sites (tertiary alicyclic amines) is 1. The minimum Gasteiger partial charge on any atom is -0.356 e. The van der Waals surface area contributed by atoms with Crippen LogP contribution in [0.2, 0.25) is 10.3 Å². The number of piperidine rings is 1. The van der Waals surface area contributed by atoms with Gasteiger partial charge in [0.25, 0.3) is 5.91 Å². The van der Waals surface area contributed by atoms with E-state index in [2.05, 4.69) is 15.5 Å². The second-order valence-electron chi connectivity index (χ2n) is 5.04. The van der Waals surface area contributed by atoms with Crippen LogP contribution in [0.3, 0.4) is 0 Å². The van der Waals surface area contributed by atoms with Gasteiger partial charge in [-0.1, -0.05) is 23.2 Å².